The van der Waals surface area contributed by atoms with Gasteiger partial charge in [-0.2, -0.15) is 0 Å². The number of rotatable bonds is 12. The number of benzene rings is 1. The minimum Gasteiger partial charge on any atom is -0.456 e. The number of hydrogen-bond donors (Lipinski definition) is 1. The van der Waals surface area contributed by atoms with Crippen LogP contribution < -0.4 is 5.32 Å². The Labute approximate surface area is 264 Å². The monoisotopic (exact) mass is 610 g/mol. The maximum absolute atomic E-state index is 13.8. The number of carbonyl (C=O) groups is 4. The first kappa shape index (κ1) is 35.3. The van der Waals surface area contributed by atoms with Gasteiger partial charge in [0.2, 0.25) is 17.7 Å². The molecule has 44 heavy (non-hydrogen) atoms. The molecule has 2 aliphatic heterocycles. The van der Waals surface area contributed by atoms with Gasteiger partial charge in [-0.05, 0) is 70.0 Å². The summed E-state index contributed by atoms with van der Waals surface area (Å²) in [7, 11) is 3.69. The third kappa shape index (κ3) is 8.71. The van der Waals surface area contributed by atoms with E-state index in [-0.39, 0.29) is 53.7 Å². The average molecular weight is 611 g/mol. The number of likely N-dealkylation sites (N-methyl/N-ethyl adjacent to an activating group) is 2. The molecule has 244 valence electrons. The van der Waals surface area contributed by atoms with E-state index < -0.39 is 12.1 Å². The Balaban J connectivity index is 1.73. The summed E-state index contributed by atoms with van der Waals surface area (Å²) >= 11 is 0. The number of nitrogens with zero attached hydrogens (tertiary/aromatic N) is 3. The molecule has 0 bridgehead atoms. The summed E-state index contributed by atoms with van der Waals surface area (Å²) < 4.78 is 5.91. The van der Waals surface area contributed by atoms with Crippen molar-refractivity contribution in [3.8, 4) is 0 Å². The lowest BCUT2D eigenvalue weighted by Gasteiger charge is -2.36. The molecule has 9 heteroatoms. The van der Waals surface area contributed by atoms with E-state index in [1.165, 1.54) is 0 Å². The summed E-state index contributed by atoms with van der Waals surface area (Å²) in [5, 5.41) is 3.04. The van der Waals surface area contributed by atoms with Gasteiger partial charge in [0.15, 0.2) is 0 Å². The van der Waals surface area contributed by atoms with Crippen LogP contribution in [-0.2, 0) is 23.9 Å². The maximum atomic E-state index is 13.8. The van der Waals surface area contributed by atoms with E-state index in [4.69, 9.17) is 4.74 Å². The van der Waals surface area contributed by atoms with Crippen molar-refractivity contribution in [2.75, 3.05) is 27.2 Å². The first-order valence-electron chi connectivity index (χ1n) is 16.4. The van der Waals surface area contributed by atoms with Gasteiger partial charge in [-0.1, -0.05) is 77.4 Å². The van der Waals surface area contributed by atoms with Crippen LogP contribution in [0.25, 0.3) is 0 Å². The molecule has 2 fully saturated rings. The van der Waals surface area contributed by atoms with Crippen molar-refractivity contribution in [3.63, 3.8) is 0 Å². The molecular weight excluding hydrogens is 556 g/mol. The third-order valence-corrected chi connectivity index (χ3v) is 9.13. The zero-order chi connectivity index (χ0) is 32.6. The molecule has 1 aromatic carbocycles. The SMILES string of the molecule is CC[C@@H](OC(=O)[C@@H]1CCCN1C(=O)/C(C)=C/[C@H](C(C)C)N(C)C(=O)[C@@H](NC(=O)[C@H]1CCCCN1C)C(C)C)c1ccccc1. The van der Waals surface area contributed by atoms with E-state index in [1.807, 2.05) is 78.1 Å². The minimum absolute atomic E-state index is 0.00946. The van der Waals surface area contributed by atoms with Crippen LogP contribution in [0.5, 0.6) is 0 Å². The molecule has 9 nitrogen and oxygen atoms in total. The topological polar surface area (TPSA) is 99.3 Å². The van der Waals surface area contributed by atoms with Gasteiger partial charge in [0.25, 0.3) is 0 Å². The molecule has 0 aromatic heterocycles. The molecular formula is C35H54N4O5. The Morgan fingerprint density at radius 3 is 2.23 bits per heavy atom. The molecule has 1 aromatic rings. The molecule has 0 aliphatic carbocycles. The number of piperidine rings is 1. The van der Waals surface area contributed by atoms with Crippen LogP contribution in [0.15, 0.2) is 42.0 Å². The highest BCUT2D eigenvalue weighted by Crippen LogP contribution is 2.27. The van der Waals surface area contributed by atoms with Crippen molar-refractivity contribution >= 4 is 23.7 Å². The Hall–Kier alpha value is -3.20. The van der Waals surface area contributed by atoms with Crippen LogP contribution in [0, 0.1) is 11.8 Å². The number of hydrogen-bond acceptors (Lipinski definition) is 6. The molecule has 0 unspecified atom stereocenters. The molecule has 3 amide bonds. The highest BCUT2D eigenvalue weighted by Gasteiger charge is 2.38. The number of ether oxygens (including phenoxy) is 1. The molecule has 3 rings (SSSR count). The highest BCUT2D eigenvalue weighted by molar-refractivity contribution is 5.96. The van der Waals surface area contributed by atoms with Crippen molar-refractivity contribution < 1.29 is 23.9 Å². The summed E-state index contributed by atoms with van der Waals surface area (Å²) in [5.74, 6) is -1.00. The van der Waals surface area contributed by atoms with Gasteiger partial charge in [0.1, 0.15) is 18.2 Å². The summed E-state index contributed by atoms with van der Waals surface area (Å²) in [6, 6.07) is 7.73. The van der Waals surface area contributed by atoms with E-state index in [0.29, 0.717) is 25.0 Å². The fraction of sp³-hybridized carbons (Fsp3) is 0.657. The second kappa shape index (κ2) is 16.2. The first-order valence-corrected chi connectivity index (χ1v) is 16.4. The second-order valence-corrected chi connectivity index (χ2v) is 13.2. The fourth-order valence-corrected chi connectivity index (χ4v) is 6.37. The molecule has 2 saturated heterocycles. The van der Waals surface area contributed by atoms with Gasteiger partial charge in [0.05, 0.1) is 12.1 Å². The van der Waals surface area contributed by atoms with E-state index in [1.54, 1.807) is 23.8 Å². The number of likely N-dealkylation sites (tertiary alicyclic amines) is 2. The van der Waals surface area contributed by atoms with Crippen molar-refractivity contribution in [3.05, 3.63) is 47.5 Å². The van der Waals surface area contributed by atoms with Gasteiger partial charge in [-0.15, -0.1) is 0 Å². The van der Waals surface area contributed by atoms with Crippen molar-refractivity contribution in [1.29, 1.82) is 0 Å². The zero-order valence-electron chi connectivity index (χ0n) is 28.0. The van der Waals surface area contributed by atoms with E-state index >= 15 is 0 Å². The Morgan fingerprint density at radius 2 is 1.64 bits per heavy atom. The fourth-order valence-electron chi connectivity index (χ4n) is 6.37. The zero-order valence-corrected chi connectivity index (χ0v) is 28.0. The summed E-state index contributed by atoms with van der Waals surface area (Å²) in [5.41, 5.74) is 1.41. The van der Waals surface area contributed by atoms with Crippen LogP contribution in [0.4, 0.5) is 0 Å². The minimum atomic E-state index is -0.678. The van der Waals surface area contributed by atoms with Crippen LogP contribution in [-0.4, -0.2) is 89.7 Å². The van der Waals surface area contributed by atoms with Gasteiger partial charge in [-0.25, -0.2) is 4.79 Å². The average Bonchev–Trinajstić information content (AvgIpc) is 3.50. The molecule has 0 radical (unpaired) electrons. The Morgan fingerprint density at radius 1 is 0.977 bits per heavy atom. The Kier molecular flexibility index (Phi) is 13.0. The number of amides is 3. The predicted octanol–water partition coefficient (Wildman–Crippen LogP) is 4.73. The van der Waals surface area contributed by atoms with Crippen molar-refractivity contribution in [1.82, 2.24) is 20.0 Å². The smallest absolute Gasteiger partial charge is 0.329 e. The maximum Gasteiger partial charge on any atom is 0.329 e. The van der Waals surface area contributed by atoms with Crippen LogP contribution in [0.2, 0.25) is 0 Å². The molecule has 0 spiro atoms. The van der Waals surface area contributed by atoms with Gasteiger partial charge >= 0.3 is 5.97 Å². The lowest BCUT2D eigenvalue weighted by molar-refractivity contribution is -0.157. The lowest BCUT2D eigenvalue weighted by Crippen LogP contribution is -2.57. The number of esters is 1. The normalized spacial score (nSPS) is 21.6. The largest absolute Gasteiger partial charge is 0.456 e. The lowest BCUT2D eigenvalue weighted by atomic mass is 9.96. The van der Waals surface area contributed by atoms with E-state index in [0.717, 1.165) is 37.8 Å². The van der Waals surface area contributed by atoms with Crippen molar-refractivity contribution in [2.45, 2.75) is 110 Å². The quantitative estimate of drug-likeness (QED) is 0.272. The van der Waals surface area contributed by atoms with Crippen molar-refractivity contribution in [2.24, 2.45) is 11.8 Å². The summed E-state index contributed by atoms with van der Waals surface area (Å²) in [4.78, 5) is 59.4. The number of carbonyl (C=O) groups excluding carboxylic acids is 4. The van der Waals surface area contributed by atoms with Gasteiger partial charge < -0.3 is 19.9 Å². The summed E-state index contributed by atoms with van der Waals surface area (Å²) in [6.07, 6.45) is 6.24. The van der Waals surface area contributed by atoms with E-state index in [2.05, 4.69) is 10.2 Å². The number of nitrogens with one attached hydrogen (secondary N) is 1. The second-order valence-electron chi connectivity index (χ2n) is 13.2. The van der Waals surface area contributed by atoms with Crippen LogP contribution in [0.1, 0.15) is 91.7 Å². The van der Waals surface area contributed by atoms with E-state index in [9.17, 15) is 19.2 Å². The van der Waals surface area contributed by atoms with Crippen LogP contribution >= 0.6 is 0 Å². The van der Waals surface area contributed by atoms with Gasteiger partial charge in [0, 0.05) is 19.2 Å². The molecule has 5 atom stereocenters. The van der Waals surface area contributed by atoms with Gasteiger partial charge in [-0.3, -0.25) is 19.3 Å². The standard InChI is InChI=1S/C35H54N4O5/c1-9-30(26-16-11-10-12-17-26)44-35(43)28-19-15-21-39(28)33(41)25(6)22-29(23(2)3)38(8)34(42)31(24(4)5)36-32(40)27-18-13-14-20-37(27)7/h10-12,16-17,22-24,27-31H,9,13-15,18-21H2,1-8H3,(H,36,40)/b25-22+/t27-,28+,29-,30-,31+/m1/s1. The van der Waals surface area contributed by atoms with Crippen LogP contribution in [0.3, 0.4) is 0 Å². The first-order chi connectivity index (χ1) is 20.9. The third-order valence-electron chi connectivity index (χ3n) is 9.13. The molecule has 2 heterocycles. The molecule has 0 saturated carbocycles. The predicted molar refractivity (Wildman–Crippen MR) is 172 cm³/mol. The highest BCUT2D eigenvalue weighted by atomic mass is 16.5. The molecule has 2 aliphatic rings. The molecule has 1 N–H and O–H groups in total. The summed E-state index contributed by atoms with van der Waals surface area (Å²) in [6.45, 7) is 12.9. The Bertz CT molecular complexity index is 1170.